The Balaban J connectivity index is 1.87. The van der Waals surface area contributed by atoms with Gasteiger partial charge in [-0.2, -0.15) is 0 Å². The normalized spacial score (nSPS) is 16.2. The molecule has 120 valence electrons. The number of amides is 1. The van der Waals surface area contributed by atoms with Gasteiger partial charge in [-0.15, -0.1) is 0 Å². The van der Waals surface area contributed by atoms with E-state index in [2.05, 4.69) is 5.32 Å². The lowest BCUT2D eigenvalue weighted by Gasteiger charge is -2.21. The van der Waals surface area contributed by atoms with Crippen molar-refractivity contribution in [3.8, 4) is 0 Å². The molecule has 0 radical (unpaired) electrons. The fourth-order valence-corrected chi connectivity index (χ4v) is 2.83. The molecule has 1 aliphatic heterocycles. The fourth-order valence-electron chi connectivity index (χ4n) is 2.83. The van der Waals surface area contributed by atoms with E-state index in [1.54, 1.807) is 4.90 Å². The first-order valence-electron chi connectivity index (χ1n) is 7.89. The lowest BCUT2D eigenvalue weighted by atomic mass is 9.99. The summed E-state index contributed by atoms with van der Waals surface area (Å²) in [5.74, 6) is -0.765. The van der Waals surface area contributed by atoms with E-state index in [4.69, 9.17) is 0 Å². The minimum absolute atomic E-state index is 0.0418. The number of rotatable bonds is 7. The highest BCUT2D eigenvalue weighted by atomic mass is 16.4. The Morgan fingerprint density at radius 3 is 2.77 bits per heavy atom. The Kier molecular flexibility index (Phi) is 5.55. The van der Waals surface area contributed by atoms with Crippen LogP contribution in [0.1, 0.15) is 32.3 Å². The fraction of sp³-hybridized carbons (Fsp3) is 0.529. The monoisotopic (exact) mass is 304 g/mol. The molecule has 2 N–H and O–H groups in total. The summed E-state index contributed by atoms with van der Waals surface area (Å²) in [6.45, 7) is 4.98. The zero-order valence-electron chi connectivity index (χ0n) is 13.2. The number of nitrogens with zero attached hydrogens (tertiary/aromatic N) is 1. The highest BCUT2D eigenvalue weighted by molar-refractivity contribution is 5.95. The maximum atomic E-state index is 12.3. The first-order chi connectivity index (χ1) is 10.5. The SMILES string of the molecule is CC[C@H](C)[C@H](NCCC(=O)N1CCc2ccccc21)C(=O)O. The van der Waals surface area contributed by atoms with Gasteiger partial charge in [0, 0.05) is 25.2 Å². The third-order valence-corrected chi connectivity index (χ3v) is 4.37. The van der Waals surface area contributed by atoms with Crippen LogP contribution in [0.2, 0.25) is 0 Å². The lowest BCUT2D eigenvalue weighted by Crippen LogP contribution is -2.43. The number of hydrogen-bond donors (Lipinski definition) is 2. The molecule has 0 spiro atoms. The second-order valence-corrected chi connectivity index (χ2v) is 5.83. The van der Waals surface area contributed by atoms with E-state index in [-0.39, 0.29) is 11.8 Å². The standard InChI is InChI=1S/C17H24N2O3/c1-3-12(2)16(17(21)22)18-10-8-15(20)19-11-9-13-6-4-5-7-14(13)19/h4-7,12,16,18H,3,8-11H2,1-2H3,(H,21,22)/t12-,16-/m0/s1. The first kappa shape index (κ1) is 16.5. The third-order valence-electron chi connectivity index (χ3n) is 4.37. The van der Waals surface area contributed by atoms with E-state index in [9.17, 15) is 14.7 Å². The number of carboxylic acid groups (broad SMARTS) is 1. The predicted octanol–water partition coefficient (Wildman–Crippen LogP) is 2.05. The van der Waals surface area contributed by atoms with Crippen molar-refractivity contribution in [2.75, 3.05) is 18.0 Å². The molecule has 0 bridgehead atoms. The van der Waals surface area contributed by atoms with E-state index in [0.717, 1.165) is 18.5 Å². The van der Waals surface area contributed by atoms with Crippen LogP contribution in [-0.4, -0.2) is 36.1 Å². The van der Waals surface area contributed by atoms with Crippen LogP contribution in [0.25, 0.3) is 0 Å². The summed E-state index contributed by atoms with van der Waals surface area (Å²) >= 11 is 0. The van der Waals surface area contributed by atoms with Gasteiger partial charge in [-0.05, 0) is 24.0 Å². The Morgan fingerprint density at radius 1 is 1.36 bits per heavy atom. The van der Waals surface area contributed by atoms with Crippen LogP contribution in [0.15, 0.2) is 24.3 Å². The molecule has 0 fully saturated rings. The van der Waals surface area contributed by atoms with Gasteiger partial charge in [0.25, 0.3) is 0 Å². The highest BCUT2D eigenvalue weighted by Crippen LogP contribution is 2.27. The number of carbonyl (C=O) groups is 2. The molecule has 2 atom stereocenters. The van der Waals surface area contributed by atoms with E-state index in [0.29, 0.717) is 19.5 Å². The summed E-state index contributed by atoms with van der Waals surface area (Å²) in [7, 11) is 0. The van der Waals surface area contributed by atoms with Crippen LogP contribution in [-0.2, 0) is 16.0 Å². The third kappa shape index (κ3) is 3.65. The molecular formula is C17H24N2O3. The number of aliphatic carboxylic acids is 1. The van der Waals surface area contributed by atoms with Gasteiger partial charge in [-0.1, -0.05) is 38.5 Å². The Bertz CT molecular complexity index is 544. The van der Waals surface area contributed by atoms with Crippen molar-refractivity contribution >= 4 is 17.6 Å². The molecule has 1 heterocycles. The average molecular weight is 304 g/mol. The van der Waals surface area contributed by atoms with Crippen molar-refractivity contribution in [3.05, 3.63) is 29.8 Å². The van der Waals surface area contributed by atoms with Crippen molar-refractivity contribution < 1.29 is 14.7 Å². The Labute approximate surface area is 131 Å². The molecule has 22 heavy (non-hydrogen) atoms. The summed E-state index contributed by atoms with van der Waals surface area (Å²) in [5.41, 5.74) is 2.19. The maximum absolute atomic E-state index is 12.3. The topological polar surface area (TPSA) is 69.6 Å². The minimum atomic E-state index is -0.853. The number of carboxylic acids is 1. The zero-order valence-corrected chi connectivity index (χ0v) is 13.2. The van der Waals surface area contributed by atoms with Crippen molar-refractivity contribution in [3.63, 3.8) is 0 Å². The van der Waals surface area contributed by atoms with Crippen molar-refractivity contribution in [1.82, 2.24) is 5.32 Å². The van der Waals surface area contributed by atoms with Gasteiger partial charge in [0.1, 0.15) is 6.04 Å². The molecule has 0 aromatic heterocycles. The molecule has 5 nitrogen and oxygen atoms in total. The van der Waals surface area contributed by atoms with Gasteiger partial charge >= 0.3 is 5.97 Å². The first-order valence-corrected chi connectivity index (χ1v) is 7.89. The van der Waals surface area contributed by atoms with E-state index in [1.807, 2.05) is 38.1 Å². The summed E-state index contributed by atoms with van der Waals surface area (Å²) in [4.78, 5) is 25.4. The number of benzene rings is 1. The molecule has 1 aromatic rings. The Hall–Kier alpha value is -1.88. The lowest BCUT2D eigenvalue weighted by molar-refractivity contribution is -0.141. The van der Waals surface area contributed by atoms with Crippen LogP contribution < -0.4 is 10.2 Å². The molecule has 0 saturated heterocycles. The smallest absolute Gasteiger partial charge is 0.320 e. The minimum Gasteiger partial charge on any atom is -0.480 e. The van der Waals surface area contributed by atoms with E-state index in [1.165, 1.54) is 5.56 Å². The van der Waals surface area contributed by atoms with E-state index >= 15 is 0 Å². The molecule has 2 rings (SSSR count). The zero-order chi connectivity index (χ0) is 16.1. The molecule has 0 unspecified atom stereocenters. The van der Waals surface area contributed by atoms with Gasteiger partial charge < -0.3 is 15.3 Å². The highest BCUT2D eigenvalue weighted by Gasteiger charge is 2.25. The molecular weight excluding hydrogens is 280 g/mol. The van der Waals surface area contributed by atoms with Gasteiger partial charge in [-0.25, -0.2) is 0 Å². The van der Waals surface area contributed by atoms with Gasteiger partial charge in [0.15, 0.2) is 0 Å². The van der Waals surface area contributed by atoms with Crippen LogP contribution >= 0.6 is 0 Å². The average Bonchev–Trinajstić information content (AvgIpc) is 2.94. The molecule has 1 aliphatic rings. The summed E-state index contributed by atoms with van der Waals surface area (Å²) in [6, 6.07) is 7.34. The summed E-state index contributed by atoms with van der Waals surface area (Å²) in [6.07, 6.45) is 1.99. The van der Waals surface area contributed by atoms with Crippen LogP contribution in [0.4, 0.5) is 5.69 Å². The number of carbonyl (C=O) groups excluding carboxylic acids is 1. The second-order valence-electron chi connectivity index (χ2n) is 5.83. The largest absolute Gasteiger partial charge is 0.480 e. The van der Waals surface area contributed by atoms with Crippen molar-refractivity contribution in [2.45, 2.75) is 39.2 Å². The molecule has 0 saturated carbocycles. The second kappa shape index (κ2) is 7.40. The maximum Gasteiger partial charge on any atom is 0.320 e. The molecule has 5 heteroatoms. The summed E-state index contributed by atoms with van der Waals surface area (Å²) < 4.78 is 0. The number of fused-ring (bicyclic) bond motifs is 1. The molecule has 0 aliphatic carbocycles. The van der Waals surface area contributed by atoms with Crippen molar-refractivity contribution in [2.24, 2.45) is 5.92 Å². The number of hydrogen-bond acceptors (Lipinski definition) is 3. The van der Waals surface area contributed by atoms with Gasteiger partial charge in [0.05, 0.1) is 0 Å². The van der Waals surface area contributed by atoms with Crippen molar-refractivity contribution in [1.29, 1.82) is 0 Å². The van der Waals surface area contributed by atoms with Crippen LogP contribution in [0.3, 0.4) is 0 Å². The van der Waals surface area contributed by atoms with Gasteiger partial charge in [0.2, 0.25) is 5.91 Å². The number of para-hydroxylation sites is 1. The van der Waals surface area contributed by atoms with Crippen LogP contribution in [0.5, 0.6) is 0 Å². The number of anilines is 1. The summed E-state index contributed by atoms with van der Waals surface area (Å²) in [5, 5.41) is 12.2. The van der Waals surface area contributed by atoms with Gasteiger partial charge in [-0.3, -0.25) is 9.59 Å². The quantitative estimate of drug-likeness (QED) is 0.809. The Morgan fingerprint density at radius 2 is 2.09 bits per heavy atom. The molecule has 1 amide bonds. The van der Waals surface area contributed by atoms with E-state index < -0.39 is 12.0 Å². The van der Waals surface area contributed by atoms with Crippen LogP contribution in [0, 0.1) is 5.92 Å². The predicted molar refractivity (Wildman–Crippen MR) is 86.0 cm³/mol. The number of nitrogens with one attached hydrogen (secondary N) is 1. The molecule has 1 aromatic carbocycles.